The highest BCUT2D eigenvalue weighted by Gasteiger charge is 2.30. The van der Waals surface area contributed by atoms with Crippen molar-refractivity contribution in [2.45, 2.75) is 32.4 Å². The van der Waals surface area contributed by atoms with Crippen molar-refractivity contribution in [3.63, 3.8) is 0 Å². The number of hydrogen-bond donors (Lipinski definition) is 2. The Labute approximate surface area is 97.8 Å². The van der Waals surface area contributed by atoms with Gasteiger partial charge in [-0.2, -0.15) is 0 Å². The van der Waals surface area contributed by atoms with Crippen LogP contribution in [0.15, 0.2) is 6.20 Å². The molecule has 0 bridgehead atoms. The topological polar surface area (TPSA) is 97.1 Å². The molecule has 2 rings (SSSR count). The molecule has 0 aromatic carbocycles. The lowest BCUT2D eigenvalue weighted by Crippen LogP contribution is -2.44. The van der Waals surface area contributed by atoms with E-state index in [0.29, 0.717) is 12.5 Å². The Morgan fingerprint density at radius 3 is 2.82 bits per heavy atom. The average molecular weight is 238 g/mol. The Kier molecular flexibility index (Phi) is 3.08. The van der Waals surface area contributed by atoms with Crippen LogP contribution in [0.3, 0.4) is 0 Å². The molecule has 0 atom stereocenters. The van der Waals surface area contributed by atoms with E-state index in [0.717, 1.165) is 12.8 Å². The second kappa shape index (κ2) is 4.52. The van der Waals surface area contributed by atoms with Crippen molar-refractivity contribution in [3.8, 4) is 0 Å². The molecule has 1 aliphatic rings. The molecule has 1 aromatic rings. The first-order valence-corrected chi connectivity index (χ1v) is 5.45. The lowest BCUT2D eigenvalue weighted by molar-refractivity contribution is -0.120. The fraction of sp³-hybridized carbons (Fsp3) is 0.600. The third kappa shape index (κ3) is 2.80. The van der Waals surface area contributed by atoms with Crippen LogP contribution in [0.2, 0.25) is 0 Å². The van der Waals surface area contributed by atoms with Crippen LogP contribution < -0.4 is 5.32 Å². The highest BCUT2D eigenvalue weighted by Crippen LogP contribution is 2.28. The maximum Gasteiger partial charge on any atom is 0.358 e. The minimum atomic E-state index is -1.07. The lowest BCUT2D eigenvalue weighted by atomic mass is 9.80. The monoisotopic (exact) mass is 238 g/mol. The molecule has 2 N–H and O–H groups in total. The van der Waals surface area contributed by atoms with E-state index in [2.05, 4.69) is 15.6 Å². The Bertz CT molecular complexity index is 437. The summed E-state index contributed by atoms with van der Waals surface area (Å²) in [6.07, 6.45) is 3.23. The van der Waals surface area contributed by atoms with E-state index in [-0.39, 0.29) is 17.6 Å². The van der Waals surface area contributed by atoms with E-state index >= 15 is 0 Å². The van der Waals surface area contributed by atoms with Gasteiger partial charge in [0.2, 0.25) is 5.91 Å². The molecule has 0 aliphatic heterocycles. The van der Waals surface area contributed by atoms with E-state index in [9.17, 15) is 9.59 Å². The molecule has 0 radical (unpaired) electrons. The maximum atomic E-state index is 10.8. The zero-order valence-electron chi connectivity index (χ0n) is 9.46. The molecule has 1 heterocycles. The van der Waals surface area contributed by atoms with Crippen LogP contribution in [0.4, 0.5) is 0 Å². The minimum Gasteiger partial charge on any atom is -0.476 e. The summed E-state index contributed by atoms with van der Waals surface area (Å²) in [4.78, 5) is 21.4. The normalized spacial score (nSPS) is 22.9. The third-order valence-electron chi connectivity index (χ3n) is 2.85. The molecule has 92 valence electrons. The number of aromatic nitrogens is 3. The quantitative estimate of drug-likeness (QED) is 0.762. The van der Waals surface area contributed by atoms with Crippen LogP contribution in [0.5, 0.6) is 0 Å². The summed E-state index contributed by atoms with van der Waals surface area (Å²) in [5.41, 5.74) is -0.0391. The van der Waals surface area contributed by atoms with Gasteiger partial charge in [0.05, 0.1) is 6.20 Å². The van der Waals surface area contributed by atoms with Crippen molar-refractivity contribution in [2.24, 2.45) is 5.92 Å². The van der Waals surface area contributed by atoms with E-state index in [1.54, 1.807) is 0 Å². The number of hydrogen-bond acceptors (Lipinski definition) is 4. The second-order valence-corrected chi connectivity index (χ2v) is 4.37. The van der Waals surface area contributed by atoms with Gasteiger partial charge in [0.25, 0.3) is 0 Å². The smallest absolute Gasteiger partial charge is 0.358 e. The number of carboxylic acids is 1. The number of carboxylic acid groups (broad SMARTS) is 1. The first-order valence-electron chi connectivity index (χ1n) is 5.45. The molecule has 0 saturated heterocycles. The van der Waals surface area contributed by atoms with Gasteiger partial charge in [-0.1, -0.05) is 5.21 Å². The van der Waals surface area contributed by atoms with Gasteiger partial charge in [0, 0.05) is 19.5 Å². The van der Waals surface area contributed by atoms with Crippen LogP contribution in [0.1, 0.15) is 30.3 Å². The number of rotatable bonds is 4. The summed E-state index contributed by atoms with van der Waals surface area (Å²) >= 11 is 0. The predicted molar refractivity (Wildman–Crippen MR) is 57.3 cm³/mol. The van der Waals surface area contributed by atoms with E-state index < -0.39 is 5.97 Å². The van der Waals surface area contributed by atoms with Crippen molar-refractivity contribution >= 4 is 11.9 Å². The Hall–Kier alpha value is -1.92. The van der Waals surface area contributed by atoms with E-state index in [1.807, 2.05) is 0 Å². The van der Waals surface area contributed by atoms with Gasteiger partial charge in [-0.15, -0.1) is 5.10 Å². The fourth-order valence-corrected chi connectivity index (χ4v) is 2.04. The highest BCUT2D eigenvalue weighted by atomic mass is 16.4. The first kappa shape index (κ1) is 11.6. The van der Waals surface area contributed by atoms with Crippen LogP contribution in [-0.2, 0) is 11.3 Å². The van der Waals surface area contributed by atoms with Gasteiger partial charge in [0.1, 0.15) is 0 Å². The molecule has 17 heavy (non-hydrogen) atoms. The van der Waals surface area contributed by atoms with Crippen LogP contribution in [0.25, 0.3) is 0 Å². The molecule has 1 amide bonds. The van der Waals surface area contributed by atoms with Crippen molar-refractivity contribution in [1.82, 2.24) is 20.3 Å². The Balaban J connectivity index is 1.79. The average Bonchev–Trinajstić information content (AvgIpc) is 2.62. The van der Waals surface area contributed by atoms with E-state index in [4.69, 9.17) is 5.11 Å². The molecule has 0 unspecified atom stereocenters. The summed E-state index contributed by atoms with van der Waals surface area (Å²) in [7, 11) is 0. The summed E-state index contributed by atoms with van der Waals surface area (Å²) < 4.78 is 1.54. The van der Waals surface area contributed by atoms with Crippen LogP contribution in [-0.4, -0.2) is 38.0 Å². The van der Waals surface area contributed by atoms with Gasteiger partial charge in [-0.05, 0) is 18.8 Å². The highest BCUT2D eigenvalue weighted by molar-refractivity contribution is 5.84. The number of nitrogens with zero attached hydrogens (tertiary/aromatic N) is 3. The Morgan fingerprint density at radius 1 is 1.59 bits per heavy atom. The van der Waals surface area contributed by atoms with Crippen molar-refractivity contribution in [2.75, 3.05) is 0 Å². The second-order valence-electron chi connectivity index (χ2n) is 4.37. The zero-order valence-corrected chi connectivity index (χ0v) is 9.46. The lowest BCUT2D eigenvalue weighted by Gasteiger charge is -2.35. The first-order chi connectivity index (χ1) is 8.04. The fourth-order valence-electron chi connectivity index (χ4n) is 2.04. The van der Waals surface area contributed by atoms with Crippen LogP contribution >= 0.6 is 0 Å². The number of nitrogens with one attached hydrogen (secondary N) is 1. The summed E-state index contributed by atoms with van der Waals surface area (Å²) in [5, 5.41) is 18.8. The number of carbonyl (C=O) groups is 2. The predicted octanol–water partition coefficient (Wildman–Crippen LogP) is -0.109. The molecule has 7 heteroatoms. The van der Waals surface area contributed by atoms with Crippen molar-refractivity contribution in [1.29, 1.82) is 0 Å². The Morgan fingerprint density at radius 2 is 2.29 bits per heavy atom. The van der Waals surface area contributed by atoms with Crippen molar-refractivity contribution in [3.05, 3.63) is 11.9 Å². The standard InChI is InChI=1S/C10H14N4O3/c1-6(15)11-8-2-7(3-8)4-14-5-9(10(16)17)12-13-14/h5,7-8H,2-4H2,1H3,(H,11,15)(H,16,17). The molecule has 1 aliphatic carbocycles. The SMILES string of the molecule is CC(=O)NC1CC(Cn2cc(C(=O)O)nn2)C1. The van der Waals surface area contributed by atoms with Crippen molar-refractivity contribution < 1.29 is 14.7 Å². The number of aromatic carboxylic acids is 1. The van der Waals surface area contributed by atoms with E-state index in [1.165, 1.54) is 17.8 Å². The molecular formula is C10H14N4O3. The van der Waals surface area contributed by atoms with Gasteiger partial charge in [0.15, 0.2) is 5.69 Å². The number of amides is 1. The summed E-state index contributed by atoms with van der Waals surface area (Å²) in [6.45, 7) is 2.15. The summed E-state index contributed by atoms with van der Waals surface area (Å²) in [6, 6.07) is 0.250. The molecule has 1 aromatic heterocycles. The molecular weight excluding hydrogens is 224 g/mol. The zero-order chi connectivity index (χ0) is 12.4. The molecule has 7 nitrogen and oxygen atoms in total. The van der Waals surface area contributed by atoms with Gasteiger partial charge in [-0.25, -0.2) is 4.79 Å². The summed E-state index contributed by atoms with van der Waals surface area (Å²) in [5.74, 6) is -0.654. The molecule has 1 fully saturated rings. The largest absolute Gasteiger partial charge is 0.476 e. The van der Waals surface area contributed by atoms with Gasteiger partial charge >= 0.3 is 5.97 Å². The number of carbonyl (C=O) groups excluding carboxylic acids is 1. The molecule has 0 spiro atoms. The van der Waals surface area contributed by atoms with Gasteiger partial charge in [-0.3, -0.25) is 9.48 Å². The maximum absolute atomic E-state index is 10.8. The van der Waals surface area contributed by atoms with Gasteiger partial charge < -0.3 is 10.4 Å². The minimum absolute atomic E-state index is 0.0117. The third-order valence-corrected chi connectivity index (χ3v) is 2.85. The molecule has 1 saturated carbocycles. The van der Waals surface area contributed by atoms with Crippen LogP contribution in [0, 0.1) is 5.92 Å².